The topological polar surface area (TPSA) is 21.3 Å². The molecule has 5 heteroatoms. The fraction of sp³-hybridized carbons (Fsp3) is 0.571. The Morgan fingerprint density at radius 3 is 2.74 bits per heavy atom. The number of hydrogen-bond donors (Lipinski definition) is 1. The molecule has 0 spiro atoms. The first-order valence-corrected chi connectivity index (χ1v) is 6.45. The average molecular weight is 273 g/mol. The van der Waals surface area contributed by atoms with Crippen LogP contribution in [-0.2, 0) is 12.6 Å². The number of hydrogen-bond acceptors (Lipinski definition) is 2. The van der Waals surface area contributed by atoms with Gasteiger partial charge in [0.15, 0.2) is 0 Å². The summed E-state index contributed by atoms with van der Waals surface area (Å²) >= 11 is 0. The van der Waals surface area contributed by atoms with Gasteiger partial charge in [0.1, 0.15) is 5.75 Å². The molecule has 1 heterocycles. The van der Waals surface area contributed by atoms with Gasteiger partial charge in [-0.25, -0.2) is 0 Å². The van der Waals surface area contributed by atoms with E-state index in [4.69, 9.17) is 4.74 Å². The van der Waals surface area contributed by atoms with Crippen molar-refractivity contribution in [3.05, 3.63) is 29.3 Å². The third-order valence-electron chi connectivity index (χ3n) is 3.52. The number of halogens is 3. The maximum absolute atomic E-state index is 12.7. The van der Waals surface area contributed by atoms with Gasteiger partial charge < -0.3 is 10.1 Å². The SMILES string of the molecule is COc1ccc(C(F)(F)F)cc1CC1CCCNC1. The minimum atomic E-state index is -4.30. The zero-order valence-corrected chi connectivity index (χ0v) is 10.9. The van der Waals surface area contributed by atoms with Gasteiger partial charge in [-0.2, -0.15) is 13.2 Å². The van der Waals surface area contributed by atoms with Crippen LogP contribution >= 0.6 is 0 Å². The summed E-state index contributed by atoms with van der Waals surface area (Å²) in [6, 6.07) is 3.70. The van der Waals surface area contributed by atoms with Crippen molar-refractivity contribution in [1.29, 1.82) is 0 Å². The van der Waals surface area contributed by atoms with Crippen LogP contribution < -0.4 is 10.1 Å². The molecule has 2 nitrogen and oxygen atoms in total. The predicted octanol–water partition coefficient (Wildman–Crippen LogP) is 3.26. The molecule has 1 saturated heterocycles. The monoisotopic (exact) mass is 273 g/mol. The number of methoxy groups -OCH3 is 1. The van der Waals surface area contributed by atoms with Gasteiger partial charge in [0.25, 0.3) is 0 Å². The summed E-state index contributed by atoms with van der Waals surface area (Å²) in [7, 11) is 1.49. The highest BCUT2D eigenvalue weighted by atomic mass is 19.4. The third kappa shape index (κ3) is 3.62. The Morgan fingerprint density at radius 2 is 2.16 bits per heavy atom. The molecule has 1 aliphatic rings. The highest BCUT2D eigenvalue weighted by Gasteiger charge is 2.31. The molecule has 0 radical (unpaired) electrons. The van der Waals surface area contributed by atoms with E-state index < -0.39 is 11.7 Å². The molecule has 1 atom stereocenters. The second-order valence-electron chi connectivity index (χ2n) is 4.94. The molecule has 1 aromatic rings. The van der Waals surface area contributed by atoms with Gasteiger partial charge in [-0.3, -0.25) is 0 Å². The highest BCUT2D eigenvalue weighted by Crippen LogP contribution is 2.33. The van der Waals surface area contributed by atoms with Crippen LogP contribution in [0.2, 0.25) is 0 Å². The van der Waals surface area contributed by atoms with Gasteiger partial charge >= 0.3 is 6.18 Å². The second kappa shape index (κ2) is 5.82. The number of nitrogens with one attached hydrogen (secondary N) is 1. The molecule has 106 valence electrons. The summed E-state index contributed by atoms with van der Waals surface area (Å²) in [5, 5.41) is 3.27. The van der Waals surface area contributed by atoms with Crippen molar-refractivity contribution in [3.8, 4) is 5.75 Å². The molecular weight excluding hydrogens is 255 g/mol. The Kier molecular flexibility index (Phi) is 4.34. The lowest BCUT2D eigenvalue weighted by Crippen LogP contribution is -2.31. The van der Waals surface area contributed by atoms with Crippen molar-refractivity contribution in [2.24, 2.45) is 5.92 Å². The van der Waals surface area contributed by atoms with Gasteiger partial charge in [-0.05, 0) is 62.0 Å². The number of piperidine rings is 1. The molecule has 0 aromatic heterocycles. The number of rotatable bonds is 3. The Balaban J connectivity index is 2.20. The molecular formula is C14H18F3NO. The third-order valence-corrected chi connectivity index (χ3v) is 3.52. The first kappa shape index (κ1) is 14.2. The van der Waals surface area contributed by atoms with Gasteiger partial charge in [-0.15, -0.1) is 0 Å². The zero-order chi connectivity index (χ0) is 13.9. The van der Waals surface area contributed by atoms with E-state index in [1.807, 2.05) is 0 Å². The molecule has 0 saturated carbocycles. The maximum Gasteiger partial charge on any atom is 0.416 e. The minimum Gasteiger partial charge on any atom is -0.496 e. The minimum absolute atomic E-state index is 0.381. The molecule has 1 fully saturated rings. The van der Waals surface area contributed by atoms with Crippen LogP contribution in [0.3, 0.4) is 0 Å². The molecule has 2 rings (SSSR count). The van der Waals surface area contributed by atoms with E-state index in [2.05, 4.69) is 5.32 Å². The lowest BCUT2D eigenvalue weighted by molar-refractivity contribution is -0.137. The Labute approximate surface area is 111 Å². The van der Waals surface area contributed by atoms with E-state index in [0.29, 0.717) is 23.7 Å². The van der Waals surface area contributed by atoms with Gasteiger partial charge in [-0.1, -0.05) is 0 Å². The molecule has 19 heavy (non-hydrogen) atoms. The van der Waals surface area contributed by atoms with Crippen molar-refractivity contribution >= 4 is 0 Å². The Hall–Kier alpha value is -1.23. The van der Waals surface area contributed by atoms with Crippen LogP contribution in [0.1, 0.15) is 24.0 Å². The molecule has 1 aliphatic heterocycles. The fourth-order valence-corrected chi connectivity index (χ4v) is 2.52. The number of ether oxygens (including phenoxy) is 1. The quantitative estimate of drug-likeness (QED) is 0.912. The van der Waals surface area contributed by atoms with Gasteiger partial charge in [0.05, 0.1) is 12.7 Å². The smallest absolute Gasteiger partial charge is 0.416 e. The molecule has 0 aliphatic carbocycles. The van der Waals surface area contributed by atoms with Crippen molar-refractivity contribution in [2.75, 3.05) is 20.2 Å². The number of benzene rings is 1. The lowest BCUT2D eigenvalue weighted by atomic mass is 9.91. The summed E-state index contributed by atoms with van der Waals surface area (Å²) in [6.07, 6.45) is -1.55. The highest BCUT2D eigenvalue weighted by molar-refractivity contribution is 5.38. The first-order valence-electron chi connectivity index (χ1n) is 6.45. The van der Waals surface area contributed by atoms with E-state index in [1.54, 1.807) is 0 Å². The Morgan fingerprint density at radius 1 is 1.37 bits per heavy atom. The van der Waals surface area contributed by atoms with Crippen molar-refractivity contribution in [1.82, 2.24) is 5.32 Å². The summed E-state index contributed by atoms with van der Waals surface area (Å²) in [5.74, 6) is 0.921. The maximum atomic E-state index is 12.7. The summed E-state index contributed by atoms with van der Waals surface area (Å²) < 4.78 is 43.4. The zero-order valence-electron chi connectivity index (χ0n) is 10.9. The van der Waals surface area contributed by atoms with E-state index in [9.17, 15) is 13.2 Å². The summed E-state index contributed by atoms with van der Waals surface area (Å²) in [5.41, 5.74) is 0.0399. The normalized spacial score (nSPS) is 20.3. The molecule has 0 bridgehead atoms. The number of alkyl halides is 3. The molecule has 0 amide bonds. The van der Waals surface area contributed by atoms with E-state index >= 15 is 0 Å². The van der Waals surface area contributed by atoms with Crippen LogP contribution in [0, 0.1) is 5.92 Å². The summed E-state index contributed by atoms with van der Waals surface area (Å²) in [6.45, 7) is 1.86. The lowest BCUT2D eigenvalue weighted by Gasteiger charge is -2.24. The van der Waals surface area contributed by atoms with Crippen LogP contribution in [0.15, 0.2) is 18.2 Å². The van der Waals surface area contributed by atoms with Crippen LogP contribution in [0.5, 0.6) is 5.75 Å². The largest absolute Gasteiger partial charge is 0.496 e. The van der Waals surface area contributed by atoms with Crippen molar-refractivity contribution in [2.45, 2.75) is 25.4 Å². The first-order chi connectivity index (χ1) is 9.00. The Bertz CT molecular complexity index is 425. The van der Waals surface area contributed by atoms with Crippen LogP contribution in [-0.4, -0.2) is 20.2 Å². The average Bonchev–Trinajstić information content (AvgIpc) is 2.39. The van der Waals surface area contributed by atoms with E-state index in [1.165, 1.54) is 19.2 Å². The van der Waals surface area contributed by atoms with Crippen molar-refractivity contribution in [3.63, 3.8) is 0 Å². The van der Waals surface area contributed by atoms with Crippen LogP contribution in [0.4, 0.5) is 13.2 Å². The van der Waals surface area contributed by atoms with Gasteiger partial charge in [0, 0.05) is 0 Å². The standard InChI is InChI=1S/C14H18F3NO/c1-19-13-5-4-12(14(15,16)17)8-11(13)7-10-3-2-6-18-9-10/h4-5,8,10,18H,2-3,6-7,9H2,1H3. The molecule has 1 unspecified atom stereocenters. The molecule has 1 N–H and O–H groups in total. The van der Waals surface area contributed by atoms with Crippen LogP contribution in [0.25, 0.3) is 0 Å². The molecule has 1 aromatic carbocycles. The fourth-order valence-electron chi connectivity index (χ4n) is 2.52. The predicted molar refractivity (Wildman–Crippen MR) is 67.3 cm³/mol. The van der Waals surface area contributed by atoms with E-state index in [0.717, 1.165) is 32.0 Å². The summed E-state index contributed by atoms with van der Waals surface area (Å²) in [4.78, 5) is 0. The van der Waals surface area contributed by atoms with Crippen molar-refractivity contribution < 1.29 is 17.9 Å². The van der Waals surface area contributed by atoms with Gasteiger partial charge in [0.2, 0.25) is 0 Å². The second-order valence-corrected chi connectivity index (χ2v) is 4.94. The van der Waals surface area contributed by atoms with E-state index in [-0.39, 0.29) is 0 Å².